The van der Waals surface area contributed by atoms with Crippen LogP contribution in [0.15, 0.2) is 35.9 Å². The second-order valence-corrected chi connectivity index (χ2v) is 4.58. The van der Waals surface area contributed by atoms with Crippen LogP contribution in [-0.4, -0.2) is 16.9 Å². The third-order valence-electron chi connectivity index (χ3n) is 3.30. The lowest BCUT2D eigenvalue weighted by atomic mass is 9.82. The number of carbonyl (C=O) groups is 2. The number of hydrogen-bond acceptors (Lipinski definition) is 2. The molecule has 1 unspecified atom stereocenters. The number of rotatable bonds is 3. The highest BCUT2D eigenvalue weighted by molar-refractivity contribution is 6.00. The zero-order valence-corrected chi connectivity index (χ0v) is 10.1. The van der Waals surface area contributed by atoms with Crippen molar-refractivity contribution in [3.05, 3.63) is 41.5 Å². The lowest BCUT2D eigenvalue weighted by Gasteiger charge is -2.21. The van der Waals surface area contributed by atoms with Crippen molar-refractivity contribution in [2.24, 2.45) is 5.92 Å². The Balaban J connectivity index is 2.31. The zero-order chi connectivity index (χ0) is 13.0. The molecule has 3 nitrogen and oxygen atoms in total. The van der Waals surface area contributed by atoms with Gasteiger partial charge in [-0.2, -0.15) is 0 Å². The second kappa shape index (κ2) is 5.63. The lowest BCUT2D eigenvalue weighted by molar-refractivity contribution is -0.135. The molecule has 1 N–H and O–H groups in total. The van der Waals surface area contributed by atoms with Gasteiger partial charge in [-0.3, -0.25) is 4.79 Å². The average molecular weight is 244 g/mol. The van der Waals surface area contributed by atoms with Crippen molar-refractivity contribution in [3.63, 3.8) is 0 Å². The molecule has 1 aliphatic carbocycles. The van der Waals surface area contributed by atoms with Crippen molar-refractivity contribution >= 4 is 17.8 Å². The van der Waals surface area contributed by atoms with Gasteiger partial charge in [-0.1, -0.05) is 36.8 Å². The summed E-state index contributed by atoms with van der Waals surface area (Å²) in [5.41, 5.74) is 1.05. The third-order valence-corrected chi connectivity index (χ3v) is 3.30. The van der Waals surface area contributed by atoms with E-state index in [0.29, 0.717) is 12.8 Å². The first-order valence-electron chi connectivity index (χ1n) is 6.21. The van der Waals surface area contributed by atoms with Gasteiger partial charge in [-0.05, 0) is 24.5 Å². The van der Waals surface area contributed by atoms with Crippen LogP contribution < -0.4 is 0 Å². The topological polar surface area (TPSA) is 54.4 Å². The molecule has 1 saturated carbocycles. The van der Waals surface area contributed by atoms with E-state index in [2.05, 4.69) is 0 Å². The summed E-state index contributed by atoms with van der Waals surface area (Å²) in [4.78, 5) is 23.2. The zero-order valence-electron chi connectivity index (χ0n) is 10.1. The molecular formula is C15H16O3. The van der Waals surface area contributed by atoms with Crippen LogP contribution in [0.25, 0.3) is 6.08 Å². The van der Waals surface area contributed by atoms with E-state index in [0.717, 1.165) is 18.4 Å². The summed E-state index contributed by atoms with van der Waals surface area (Å²) >= 11 is 0. The van der Waals surface area contributed by atoms with Gasteiger partial charge in [0.1, 0.15) is 5.78 Å². The molecule has 0 saturated heterocycles. The maximum absolute atomic E-state index is 11.8. The first-order chi connectivity index (χ1) is 8.68. The Bertz CT molecular complexity index is 474. The van der Waals surface area contributed by atoms with Crippen LogP contribution in [0.3, 0.4) is 0 Å². The minimum atomic E-state index is -0.987. The molecule has 0 spiro atoms. The minimum Gasteiger partial charge on any atom is -0.478 e. The molecule has 1 aromatic rings. The number of ketones is 1. The smallest absolute Gasteiger partial charge is 0.332 e. The highest BCUT2D eigenvalue weighted by Crippen LogP contribution is 2.28. The van der Waals surface area contributed by atoms with Crippen LogP contribution in [0.1, 0.15) is 31.2 Å². The van der Waals surface area contributed by atoms with Gasteiger partial charge < -0.3 is 5.11 Å². The van der Waals surface area contributed by atoms with Crippen molar-refractivity contribution in [1.82, 2.24) is 0 Å². The van der Waals surface area contributed by atoms with E-state index in [9.17, 15) is 14.7 Å². The normalized spacial score (nSPS) is 20.8. The van der Waals surface area contributed by atoms with Crippen LogP contribution >= 0.6 is 0 Å². The van der Waals surface area contributed by atoms with Crippen LogP contribution in [0.4, 0.5) is 0 Å². The van der Waals surface area contributed by atoms with Crippen LogP contribution in [0.2, 0.25) is 0 Å². The van der Waals surface area contributed by atoms with Gasteiger partial charge in [0, 0.05) is 17.9 Å². The summed E-state index contributed by atoms with van der Waals surface area (Å²) in [6.07, 6.45) is 4.59. The quantitative estimate of drug-likeness (QED) is 0.832. The highest BCUT2D eigenvalue weighted by Gasteiger charge is 2.29. The van der Waals surface area contributed by atoms with Gasteiger partial charge in [-0.15, -0.1) is 0 Å². The Morgan fingerprint density at radius 1 is 1.22 bits per heavy atom. The summed E-state index contributed by atoms with van der Waals surface area (Å²) in [6.45, 7) is 0. The average Bonchev–Trinajstić information content (AvgIpc) is 2.38. The SMILES string of the molecule is O=C(O)C(=Cc1ccccc1)C1CCCCC1=O. The van der Waals surface area contributed by atoms with Crippen LogP contribution in [0.5, 0.6) is 0 Å². The summed E-state index contributed by atoms with van der Waals surface area (Å²) in [7, 11) is 0. The van der Waals surface area contributed by atoms with E-state index in [1.165, 1.54) is 0 Å². The standard InChI is InChI=1S/C15H16O3/c16-14-9-5-4-8-12(14)13(15(17)18)10-11-6-2-1-3-7-11/h1-3,6-7,10,12H,4-5,8-9H2,(H,17,18). The minimum absolute atomic E-state index is 0.0610. The molecule has 0 aliphatic heterocycles. The van der Waals surface area contributed by atoms with Crippen molar-refractivity contribution in [3.8, 4) is 0 Å². The predicted molar refractivity (Wildman–Crippen MR) is 69.0 cm³/mol. The van der Waals surface area contributed by atoms with E-state index in [-0.39, 0.29) is 11.4 Å². The van der Waals surface area contributed by atoms with Crippen molar-refractivity contribution < 1.29 is 14.7 Å². The Morgan fingerprint density at radius 2 is 1.94 bits per heavy atom. The molecule has 0 amide bonds. The molecule has 0 bridgehead atoms. The van der Waals surface area contributed by atoms with Crippen LogP contribution in [-0.2, 0) is 9.59 Å². The predicted octanol–water partition coefficient (Wildman–Crippen LogP) is 2.91. The van der Waals surface area contributed by atoms with Gasteiger partial charge in [-0.25, -0.2) is 4.79 Å². The molecule has 2 rings (SSSR count). The summed E-state index contributed by atoms with van der Waals surface area (Å²) in [5.74, 6) is -1.36. The maximum Gasteiger partial charge on any atom is 0.332 e. The Hall–Kier alpha value is -1.90. The van der Waals surface area contributed by atoms with E-state index in [4.69, 9.17) is 0 Å². The molecule has 94 valence electrons. The van der Waals surface area contributed by atoms with Crippen molar-refractivity contribution in [1.29, 1.82) is 0 Å². The molecule has 1 fully saturated rings. The van der Waals surface area contributed by atoms with Gasteiger partial charge >= 0.3 is 5.97 Å². The molecular weight excluding hydrogens is 228 g/mol. The molecule has 3 heteroatoms. The van der Waals surface area contributed by atoms with Gasteiger partial charge in [0.05, 0.1) is 0 Å². The molecule has 0 aromatic heterocycles. The van der Waals surface area contributed by atoms with E-state index < -0.39 is 11.9 Å². The molecule has 1 atom stereocenters. The number of hydrogen-bond donors (Lipinski definition) is 1. The number of carboxylic acids is 1. The van der Waals surface area contributed by atoms with E-state index in [1.54, 1.807) is 6.08 Å². The Labute approximate surface area is 106 Å². The van der Waals surface area contributed by atoms with Gasteiger partial charge in [0.15, 0.2) is 0 Å². The summed E-state index contributed by atoms with van der Waals surface area (Å²) < 4.78 is 0. The van der Waals surface area contributed by atoms with E-state index in [1.807, 2.05) is 30.3 Å². The van der Waals surface area contributed by atoms with E-state index >= 15 is 0 Å². The largest absolute Gasteiger partial charge is 0.478 e. The summed E-state index contributed by atoms with van der Waals surface area (Å²) in [5, 5.41) is 9.28. The monoisotopic (exact) mass is 244 g/mol. The first kappa shape index (κ1) is 12.6. The van der Waals surface area contributed by atoms with Crippen molar-refractivity contribution in [2.75, 3.05) is 0 Å². The number of aliphatic carboxylic acids is 1. The molecule has 18 heavy (non-hydrogen) atoms. The fourth-order valence-electron chi connectivity index (χ4n) is 2.35. The molecule has 0 heterocycles. The van der Waals surface area contributed by atoms with Gasteiger partial charge in [0.2, 0.25) is 0 Å². The number of benzene rings is 1. The number of carboxylic acid groups (broad SMARTS) is 1. The number of carbonyl (C=O) groups excluding carboxylic acids is 1. The third kappa shape index (κ3) is 2.86. The number of Topliss-reactive ketones (excluding diaryl/α,β-unsaturated/α-hetero) is 1. The lowest BCUT2D eigenvalue weighted by Crippen LogP contribution is -2.24. The summed E-state index contributed by atoms with van der Waals surface area (Å²) in [6, 6.07) is 9.28. The fourth-order valence-corrected chi connectivity index (χ4v) is 2.35. The second-order valence-electron chi connectivity index (χ2n) is 4.58. The first-order valence-corrected chi connectivity index (χ1v) is 6.21. The fraction of sp³-hybridized carbons (Fsp3) is 0.333. The van der Waals surface area contributed by atoms with Gasteiger partial charge in [0.25, 0.3) is 0 Å². The maximum atomic E-state index is 11.8. The Morgan fingerprint density at radius 3 is 2.56 bits per heavy atom. The Kier molecular flexibility index (Phi) is 3.92. The highest BCUT2D eigenvalue weighted by atomic mass is 16.4. The molecule has 1 aliphatic rings. The molecule has 0 radical (unpaired) electrons. The molecule has 1 aromatic carbocycles. The van der Waals surface area contributed by atoms with Crippen molar-refractivity contribution in [2.45, 2.75) is 25.7 Å². The van der Waals surface area contributed by atoms with Crippen LogP contribution in [0, 0.1) is 5.92 Å².